The number of hydrogen-bond acceptors (Lipinski definition) is 6. The first-order valence-electron chi connectivity index (χ1n) is 9.24. The quantitative estimate of drug-likeness (QED) is 0.767. The molecule has 0 bridgehead atoms. The summed E-state index contributed by atoms with van der Waals surface area (Å²) >= 11 is 0. The molecular formula is C21H28N2O4. The van der Waals surface area contributed by atoms with Gasteiger partial charge in [-0.25, -0.2) is 0 Å². The second-order valence-electron chi connectivity index (χ2n) is 6.63. The van der Waals surface area contributed by atoms with Gasteiger partial charge in [0, 0.05) is 44.5 Å². The van der Waals surface area contributed by atoms with E-state index in [1.54, 1.807) is 14.2 Å². The van der Waals surface area contributed by atoms with E-state index in [0.29, 0.717) is 12.3 Å². The van der Waals surface area contributed by atoms with E-state index in [0.717, 1.165) is 37.7 Å². The van der Waals surface area contributed by atoms with Crippen LogP contribution in [0.3, 0.4) is 0 Å². The third-order valence-corrected chi connectivity index (χ3v) is 4.76. The normalized spacial score (nSPS) is 16.0. The van der Waals surface area contributed by atoms with Crippen molar-refractivity contribution in [3.8, 4) is 17.2 Å². The third kappa shape index (κ3) is 5.52. The van der Waals surface area contributed by atoms with Crippen LogP contribution in [0.1, 0.15) is 0 Å². The van der Waals surface area contributed by atoms with Crippen molar-refractivity contribution in [3.63, 3.8) is 0 Å². The summed E-state index contributed by atoms with van der Waals surface area (Å²) in [6, 6.07) is 15.6. The molecule has 146 valence electrons. The number of anilines is 1. The van der Waals surface area contributed by atoms with Gasteiger partial charge in [0.25, 0.3) is 0 Å². The van der Waals surface area contributed by atoms with E-state index in [2.05, 4.69) is 21.9 Å². The largest absolute Gasteiger partial charge is 0.497 e. The maximum atomic E-state index is 10.3. The third-order valence-electron chi connectivity index (χ3n) is 4.76. The second kappa shape index (κ2) is 9.48. The van der Waals surface area contributed by atoms with Crippen molar-refractivity contribution in [1.29, 1.82) is 0 Å². The summed E-state index contributed by atoms with van der Waals surface area (Å²) in [6.07, 6.45) is -0.524. The second-order valence-corrected chi connectivity index (χ2v) is 6.63. The number of ether oxygens (including phenoxy) is 3. The molecule has 0 radical (unpaired) electrons. The van der Waals surface area contributed by atoms with E-state index >= 15 is 0 Å². The molecule has 1 aliphatic heterocycles. The summed E-state index contributed by atoms with van der Waals surface area (Å²) in [7, 11) is 3.30. The van der Waals surface area contributed by atoms with E-state index < -0.39 is 6.10 Å². The summed E-state index contributed by atoms with van der Waals surface area (Å²) in [4.78, 5) is 4.63. The predicted molar refractivity (Wildman–Crippen MR) is 106 cm³/mol. The van der Waals surface area contributed by atoms with Crippen LogP contribution in [0, 0.1) is 0 Å². The molecule has 2 aromatic rings. The van der Waals surface area contributed by atoms with Gasteiger partial charge in [-0.15, -0.1) is 0 Å². The lowest BCUT2D eigenvalue weighted by Crippen LogP contribution is -2.49. The molecular weight excluding hydrogens is 344 g/mol. The topological polar surface area (TPSA) is 54.4 Å². The van der Waals surface area contributed by atoms with Crippen molar-refractivity contribution in [2.45, 2.75) is 6.10 Å². The zero-order valence-electron chi connectivity index (χ0n) is 16.0. The van der Waals surface area contributed by atoms with Gasteiger partial charge in [-0.2, -0.15) is 0 Å². The fourth-order valence-corrected chi connectivity index (χ4v) is 3.22. The zero-order chi connectivity index (χ0) is 19.1. The number of nitrogens with zero attached hydrogens (tertiary/aromatic N) is 2. The van der Waals surface area contributed by atoms with E-state index in [1.165, 1.54) is 5.69 Å². The highest BCUT2D eigenvalue weighted by molar-refractivity contribution is 5.49. The highest BCUT2D eigenvalue weighted by Gasteiger charge is 2.20. The Morgan fingerprint density at radius 1 is 0.889 bits per heavy atom. The van der Waals surface area contributed by atoms with Crippen LogP contribution in [0.25, 0.3) is 0 Å². The zero-order valence-corrected chi connectivity index (χ0v) is 16.0. The molecule has 1 aliphatic rings. The minimum absolute atomic E-state index is 0.270. The molecule has 0 aliphatic carbocycles. The smallest absolute Gasteiger partial charge is 0.123 e. The van der Waals surface area contributed by atoms with Crippen molar-refractivity contribution in [3.05, 3.63) is 48.5 Å². The number of methoxy groups -OCH3 is 2. The number of rotatable bonds is 8. The van der Waals surface area contributed by atoms with Crippen LogP contribution in [0.4, 0.5) is 5.69 Å². The van der Waals surface area contributed by atoms with E-state index in [4.69, 9.17) is 14.2 Å². The van der Waals surface area contributed by atoms with Crippen LogP contribution in [-0.4, -0.2) is 69.7 Å². The van der Waals surface area contributed by atoms with Gasteiger partial charge in [-0.05, 0) is 36.4 Å². The van der Waals surface area contributed by atoms with Crippen molar-refractivity contribution >= 4 is 5.69 Å². The Kier molecular flexibility index (Phi) is 6.79. The van der Waals surface area contributed by atoms with Crippen molar-refractivity contribution < 1.29 is 19.3 Å². The first-order chi connectivity index (χ1) is 13.2. The Morgan fingerprint density at radius 3 is 2.22 bits per heavy atom. The fraction of sp³-hybridized carbons (Fsp3) is 0.429. The van der Waals surface area contributed by atoms with Gasteiger partial charge >= 0.3 is 0 Å². The van der Waals surface area contributed by atoms with Crippen LogP contribution in [-0.2, 0) is 0 Å². The highest BCUT2D eigenvalue weighted by Crippen LogP contribution is 2.21. The van der Waals surface area contributed by atoms with Crippen LogP contribution < -0.4 is 19.1 Å². The molecule has 6 heteroatoms. The summed E-state index contributed by atoms with van der Waals surface area (Å²) in [5, 5.41) is 10.3. The van der Waals surface area contributed by atoms with Gasteiger partial charge in [-0.1, -0.05) is 6.07 Å². The van der Waals surface area contributed by atoms with Crippen LogP contribution in [0.15, 0.2) is 48.5 Å². The number of aliphatic hydroxyl groups is 1. The van der Waals surface area contributed by atoms with Crippen LogP contribution in [0.2, 0.25) is 0 Å². The summed E-state index contributed by atoms with van der Waals surface area (Å²) in [6.45, 7) is 4.60. The number of hydrogen-bond donors (Lipinski definition) is 1. The average molecular weight is 372 g/mol. The van der Waals surface area contributed by atoms with Gasteiger partial charge in [0.1, 0.15) is 30.0 Å². The standard InChI is InChI=1S/C21H28N2O4/c1-25-19-8-6-17(7-9-19)23-12-10-22(11-13-23)15-18(24)16-27-21-5-3-4-20(14-21)26-2/h3-9,14,18,24H,10-13,15-16H2,1-2H3/t18-/m1/s1. The molecule has 1 fully saturated rings. The lowest BCUT2D eigenvalue weighted by molar-refractivity contribution is 0.0662. The van der Waals surface area contributed by atoms with E-state index in [-0.39, 0.29) is 6.61 Å². The molecule has 1 atom stereocenters. The molecule has 1 heterocycles. The molecule has 1 saturated heterocycles. The Labute approximate surface area is 160 Å². The Morgan fingerprint density at radius 2 is 1.56 bits per heavy atom. The first-order valence-corrected chi connectivity index (χ1v) is 9.24. The van der Waals surface area contributed by atoms with Gasteiger partial charge < -0.3 is 24.2 Å². The molecule has 1 N–H and O–H groups in total. The summed E-state index contributed by atoms with van der Waals surface area (Å²) in [5.74, 6) is 2.32. The molecule has 0 unspecified atom stereocenters. The summed E-state index contributed by atoms with van der Waals surface area (Å²) < 4.78 is 16.1. The molecule has 2 aromatic carbocycles. The maximum absolute atomic E-state index is 10.3. The van der Waals surface area contributed by atoms with Gasteiger partial charge in [0.2, 0.25) is 0 Å². The number of piperazine rings is 1. The van der Waals surface area contributed by atoms with E-state index in [9.17, 15) is 5.11 Å². The number of aliphatic hydroxyl groups excluding tert-OH is 1. The molecule has 6 nitrogen and oxygen atoms in total. The van der Waals surface area contributed by atoms with Gasteiger partial charge in [0.15, 0.2) is 0 Å². The molecule has 0 spiro atoms. The highest BCUT2D eigenvalue weighted by atomic mass is 16.5. The fourth-order valence-electron chi connectivity index (χ4n) is 3.22. The monoisotopic (exact) mass is 372 g/mol. The summed E-state index contributed by atoms with van der Waals surface area (Å²) in [5.41, 5.74) is 1.21. The molecule has 0 saturated carbocycles. The SMILES string of the molecule is COc1ccc(N2CCN(C[C@@H](O)COc3cccc(OC)c3)CC2)cc1. The Hall–Kier alpha value is -2.44. The van der Waals surface area contributed by atoms with Crippen molar-refractivity contribution in [2.75, 3.05) is 58.5 Å². The van der Waals surface area contributed by atoms with E-state index in [1.807, 2.05) is 36.4 Å². The number of β-amino-alcohol motifs (C(OH)–C–C–N with tert-alkyl or cyclic N) is 1. The first kappa shape index (κ1) is 19.3. The lowest BCUT2D eigenvalue weighted by Gasteiger charge is -2.36. The molecule has 27 heavy (non-hydrogen) atoms. The molecule has 0 aromatic heterocycles. The predicted octanol–water partition coefficient (Wildman–Crippen LogP) is 2.27. The molecule has 3 rings (SSSR count). The average Bonchev–Trinajstić information content (AvgIpc) is 2.73. The Balaban J connectivity index is 1.41. The van der Waals surface area contributed by atoms with Crippen molar-refractivity contribution in [2.24, 2.45) is 0 Å². The maximum Gasteiger partial charge on any atom is 0.123 e. The van der Waals surface area contributed by atoms with Crippen LogP contribution in [0.5, 0.6) is 17.2 Å². The lowest BCUT2D eigenvalue weighted by atomic mass is 10.2. The van der Waals surface area contributed by atoms with Crippen LogP contribution >= 0.6 is 0 Å². The molecule has 0 amide bonds. The Bertz CT molecular complexity index is 700. The minimum Gasteiger partial charge on any atom is -0.497 e. The minimum atomic E-state index is -0.524. The number of benzene rings is 2. The van der Waals surface area contributed by atoms with Gasteiger partial charge in [-0.3, -0.25) is 4.90 Å². The van der Waals surface area contributed by atoms with Gasteiger partial charge in [0.05, 0.1) is 14.2 Å². The van der Waals surface area contributed by atoms with Crippen molar-refractivity contribution in [1.82, 2.24) is 4.90 Å².